The summed E-state index contributed by atoms with van der Waals surface area (Å²) in [5.41, 5.74) is -7.16. The number of likely N-dealkylation sites (N-methyl/N-ethyl adjacent to an activating group) is 1. The van der Waals surface area contributed by atoms with Gasteiger partial charge in [-0.25, -0.2) is 22.5 Å². The molecule has 2 atom stereocenters. The Kier molecular flexibility index (Phi) is 13.0. The molecular formula is C40H52F7N5O3Si. The average Bonchev–Trinajstić information content (AvgIpc) is 3.04. The molecule has 1 saturated heterocycles. The predicted octanol–water partition coefficient (Wildman–Crippen LogP) is 9.77. The van der Waals surface area contributed by atoms with Crippen molar-refractivity contribution in [1.82, 2.24) is 15.2 Å². The van der Waals surface area contributed by atoms with Crippen molar-refractivity contribution in [3.63, 3.8) is 0 Å². The van der Waals surface area contributed by atoms with Gasteiger partial charge in [0.1, 0.15) is 11.5 Å². The molecule has 4 rings (SSSR count). The Balaban J connectivity index is 1.82. The molecule has 0 unspecified atom stereocenters. The van der Waals surface area contributed by atoms with E-state index in [0.717, 1.165) is 18.2 Å². The van der Waals surface area contributed by atoms with Crippen LogP contribution >= 0.6 is 0 Å². The summed E-state index contributed by atoms with van der Waals surface area (Å²) in [5, 5.41) is 4.85. The molecule has 3 aromatic rings. The number of nitrogens with zero attached hydrogens (tertiary/aromatic N) is 3. The Morgan fingerprint density at radius 2 is 1.50 bits per heavy atom. The van der Waals surface area contributed by atoms with Gasteiger partial charge in [-0.3, -0.25) is 14.5 Å². The molecule has 0 saturated carbocycles. The first-order chi connectivity index (χ1) is 25.6. The molecule has 2 heterocycles. The van der Waals surface area contributed by atoms with E-state index in [4.69, 9.17) is 4.74 Å². The van der Waals surface area contributed by atoms with E-state index in [-0.39, 0.29) is 48.8 Å². The maximum Gasteiger partial charge on any atom is 0.417 e. The summed E-state index contributed by atoms with van der Waals surface area (Å²) in [6.07, 6.45) is -3.93. The Hall–Kier alpha value is -4.18. The number of aromatic nitrogens is 1. The fourth-order valence-corrected chi connectivity index (χ4v) is 7.77. The molecule has 2 amide bonds. The van der Waals surface area contributed by atoms with Crippen molar-refractivity contribution in [3.05, 3.63) is 70.4 Å². The number of halogens is 7. The molecule has 308 valence electrons. The lowest BCUT2D eigenvalue weighted by Crippen LogP contribution is -2.55. The second-order valence-electron chi connectivity index (χ2n) is 17.8. The number of amides is 2. The molecule has 1 fully saturated rings. The van der Waals surface area contributed by atoms with Crippen molar-refractivity contribution in [2.75, 3.05) is 37.0 Å². The summed E-state index contributed by atoms with van der Waals surface area (Å²) in [7, 11) is 0.252. The summed E-state index contributed by atoms with van der Waals surface area (Å²) in [4.78, 5) is 34.3. The van der Waals surface area contributed by atoms with Crippen LogP contribution in [0.1, 0.15) is 81.2 Å². The number of rotatable bonds is 11. The van der Waals surface area contributed by atoms with Crippen LogP contribution in [0.2, 0.25) is 25.7 Å². The molecule has 1 aliphatic heterocycles. The predicted molar refractivity (Wildman–Crippen MR) is 207 cm³/mol. The standard InChI is InChI=1S/C40H52F7N5O3Si/c1-22-19-52(20-23(2)51(22)8)29-17-28(41)31(24-12-13-25(33(43)32(24)42)37(54)50-39(6,7)21-38(3,4)5)34(44)35(29)49-36(53)26-18-48-30(16-27(26)40(45,46)47)55-14-15-56(9,10)11/h12-13,16-18,22-23H,14-15,19-21H2,1-11H3,(H,49,53)(H,50,54)/t22-,23+. The zero-order chi connectivity index (χ0) is 42.3. The normalized spacial score (nSPS) is 17.2. The zero-order valence-electron chi connectivity index (χ0n) is 33.8. The molecule has 8 nitrogen and oxygen atoms in total. The average molecular weight is 812 g/mol. The van der Waals surface area contributed by atoms with Gasteiger partial charge in [0, 0.05) is 62.7 Å². The lowest BCUT2D eigenvalue weighted by Gasteiger charge is -2.44. The Morgan fingerprint density at radius 1 is 0.893 bits per heavy atom. The van der Waals surface area contributed by atoms with Gasteiger partial charge in [-0.15, -0.1) is 0 Å². The summed E-state index contributed by atoms with van der Waals surface area (Å²) in [6, 6.07) is 3.43. The van der Waals surface area contributed by atoms with Gasteiger partial charge in [0.05, 0.1) is 34.5 Å². The molecule has 0 spiro atoms. The van der Waals surface area contributed by atoms with Gasteiger partial charge >= 0.3 is 6.18 Å². The number of carbonyl (C=O) groups excluding carboxylic acids is 2. The minimum absolute atomic E-state index is 0.109. The largest absolute Gasteiger partial charge is 0.478 e. The van der Waals surface area contributed by atoms with Gasteiger partial charge in [-0.1, -0.05) is 46.5 Å². The SMILES string of the molecule is C[C@@H]1CN(c2cc(F)c(-c3ccc(C(=O)NC(C)(C)CC(C)(C)C)c(F)c3F)c(F)c2NC(=O)c2cnc(OCC[Si](C)(C)C)cc2C(F)(F)F)C[C@H](C)N1C. The van der Waals surface area contributed by atoms with Crippen molar-refractivity contribution in [3.8, 4) is 17.0 Å². The summed E-state index contributed by atoms with van der Waals surface area (Å²) >= 11 is 0. The van der Waals surface area contributed by atoms with E-state index in [1.807, 2.05) is 46.6 Å². The maximum absolute atomic E-state index is 16.9. The lowest BCUT2D eigenvalue weighted by molar-refractivity contribution is -0.138. The van der Waals surface area contributed by atoms with E-state index >= 15 is 17.6 Å². The van der Waals surface area contributed by atoms with E-state index < -0.39 is 88.4 Å². The second-order valence-corrected chi connectivity index (χ2v) is 23.4. The van der Waals surface area contributed by atoms with E-state index in [0.29, 0.717) is 24.7 Å². The van der Waals surface area contributed by atoms with Crippen molar-refractivity contribution in [1.29, 1.82) is 0 Å². The van der Waals surface area contributed by atoms with Crippen molar-refractivity contribution < 1.29 is 45.1 Å². The van der Waals surface area contributed by atoms with Crippen LogP contribution < -0.4 is 20.3 Å². The van der Waals surface area contributed by atoms with Crippen LogP contribution in [0.15, 0.2) is 30.5 Å². The number of anilines is 2. The van der Waals surface area contributed by atoms with Crippen LogP contribution in [-0.4, -0.2) is 74.1 Å². The quantitative estimate of drug-likeness (QED) is 0.148. The van der Waals surface area contributed by atoms with Crippen molar-refractivity contribution in [2.45, 2.75) is 104 Å². The van der Waals surface area contributed by atoms with Crippen LogP contribution in [0.4, 0.5) is 42.1 Å². The smallest absolute Gasteiger partial charge is 0.417 e. The lowest BCUT2D eigenvalue weighted by atomic mass is 9.81. The van der Waals surface area contributed by atoms with Crippen LogP contribution in [0.25, 0.3) is 11.1 Å². The zero-order valence-corrected chi connectivity index (χ0v) is 34.8. The van der Waals surface area contributed by atoms with Gasteiger partial charge in [-0.2, -0.15) is 13.2 Å². The highest BCUT2D eigenvalue weighted by atomic mass is 28.3. The van der Waals surface area contributed by atoms with Gasteiger partial charge < -0.3 is 20.3 Å². The minimum atomic E-state index is -5.07. The molecule has 0 radical (unpaired) electrons. The number of hydrogen-bond donors (Lipinski definition) is 2. The number of pyridine rings is 1. The maximum atomic E-state index is 16.9. The molecule has 1 aromatic heterocycles. The third-order valence-electron chi connectivity index (χ3n) is 9.69. The van der Waals surface area contributed by atoms with Gasteiger partial charge in [-0.05, 0) is 58.7 Å². The molecular weight excluding hydrogens is 760 g/mol. The third-order valence-corrected chi connectivity index (χ3v) is 11.4. The van der Waals surface area contributed by atoms with E-state index in [2.05, 4.69) is 35.3 Å². The fraction of sp³-hybridized carbons (Fsp3) is 0.525. The highest BCUT2D eigenvalue weighted by Gasteiger charge is 2.38. The highest BCUT2D eigenvalue weighted by molar-refractivity contribution is 6.76. The van der Waals surface area contributed by atoms with E-state index in [1.165, 1.54) is 0 Å². The number of nitrogens with one attached hydrogen (secondary N) is 2. The Morgan fingerprint density at radius 3 is 2.05 bits per heavy atom. The van der Waals surface area contributed by atoms with Gasteiger partial charge in [0.25, 0.3) is 11.8 Å². The molecule has 2 aromatic carbocycles. The molecule has 2 N–H and O–H groups in total. The molecule has 1 aliphatic rings. The number of carbonyl (C=O) groups is 2. The Labute approximate surface area is 325 Å². The topological polar surface area (TPSA) is 86.8 Å². The molecule has 0 bridgehead atoms. The van der Waals surface area contributed by atoms with Crippen LogP contribution in [0.5, 0.6) is 5.88 Å². The molecule has 0 aliphatic carbocycles. The first-order valence-corrected chi connectivity index (χ1v) is 22.1. The van der Waals surface area contributed by atoms with E-state index in [1.54, 1.807) is 18.7 Å². The first kappa shape index (κ1) is 44.5. The van der Waals surface area contributed by atoms with Crippen LogP contribution in [0.3, 0.4) is 0 Å². The van der Waals surface area contributed by atoms with Crippen molar-refractivity contribution in [2.24, 2.45) is 5.41 Å². The monoisotopic (exact) mass is 811 g/mol. The fourth-order valence-electron chi connectivity index (χ4n) is 7.06. The van der Waals surface area contributed by atoms with Crippen molar-refractivity contribution >= 4 is 31.3 Å². The third kappa shape index (κ3) is 10.6. The van der Waals surface area contributed by atoms with E-state index in [9.17, 15) is 22.8 Å². The van der Waals surface area contributed by atoms with Crippen LogP contribution in [0, 0.1) is 28.7 Å². The molecule has 16 heteroatoms. The minimum Gasteiger partial charge on any atom is -0.478 e. The number of alkyl halides is 3. The number of piperazine rings is 1. The summed E-state index contributed by atoms with van der Waals surface area (Å²) < 4.78 is 113. The van der Waals surface area contributed by atoms with Gasteiger partial charge in [0.2, 0.25) is 5.88 Å². The highest BCUT2D eigenvalue weighted by Crippen LogP contribution is 2.42. The Bertz CT molecular complexity index is 1950. The first-order valence-electron chi connectivity index (χ1n) is 18.4. The summed E-state index contributed by atoms with van der Waals surface area (Å²) in [5.74, 6) is -9.08. The number of ether oxygens (including phenoxy) is 1. The second kappa shape index (κ2) is 16.4. The number of benzene rings is 2. The molecule has 56 heavy (non-hydrogen) atoms. The van der Waals surface area contributed by atoms with Gasteiger partial charge in [0.15, 0.2) is 17.5 Å². The number of hydrogen-bond acceptors (Lipinski definition) is 6. The summed E-state index contributed by atoms with van der Waals surface area (Å²) in [6.45, 7) is 19.7. The van der Waals surface area contributed by atoms with Crippen LogP contribution in [-0.2, 0) is 6.18 Å².